The monoisotopic (exact) mass is 200 g/mol. The first-order valence-corrected chi connectivity index (χ1v) is 3.55. The van der Waals surface area contributed by atoms with Crippen molar-refractivity contribution < 1.29 is 70.8 Å². The van der Waals surface area contributed by atoms with Gasteiger partial charge in [-0.25, -0.2) is 0 Å². The molecule has 2 atom stereocenters. The van der Waals surface area contributed by atoms with Gasteiger partial charge in [-0.2, -0.15) is 0 Å². The van der Waals surface area contributed by atoms with Gasteiger partial charge in [0.15, 0.2) is 6.29 Å². The van der Waals surface area contributed by atoms with Crippen molar-refractivity contribution in [3.63, 3.8) is 0 Å². The fraction of sp³-hybridized carbons (Fsp3) is 0.857. The number of hydrogen-bond donors (Lipinski definition) is 0. The van der Waals surface area contributed by atoms with E-state index in [4.69, 9.17) is 9.47 Å². The zero-order valence-corrected chi connectivity index (χ0v) is 11.1. The van der Waals surface area contributed by atoms with Gasteiger partial charge in [-0.05, 0) is 20.8 Å². The first kappa shape index (κ1) is 15.5. The van der Waals surface area contributed by atoms with Gasteiger partial charge < -0.3 is 19.4 Å². The molecule has 0 spiro atoms. The summed E-state index contributed by atoms with van der Waals surface area (Å²) in [5.41, 5.74) is 0. The van der Waals surface area contributed by atoms with Gasteiger partial charge in [-0.15, -0.1) is 0 Å². The third kappa shape index (κ3) is 7.66. The molecular weight excluding hydrogens is 187 g/mol. The van der Waals surface area contributed by atoms with Crippen LogP contribution in [-0.4, -0.2) is 25.0 Å². The minimum Gasteiger partial charge on any atom is -0.547 e. The van der Waals surface area contributed by atoms with Gasteiger partial charge in [0.2, 0.25) is 0 Å². The maximum Gasteiger partial charge on any atom is 1.00 e. The summed E-state index contributed by atoms with van der Waals surface area (Å²) in [4.78, 5) is 10.1. The minimum atomic E-state index is -1.23. The molecule has 0 bridgehead atoms. The van der Waals surface area contributed by atoms with E-state index in [9.17, 15) is 9.90 Å². The molecule has 4 nitrogen and oxygen atoms in total. The molecule has 0 saturated heterocycles. The number of ether oxygens (including phenoxy) is 2. The average molecular weight is 200 g/mol. The second-order valence-electron chi connectivity index (χ2n) is 2.12. The van der Waals surface area contributed by atoms with E-state index >= 15 is 0 Å². The van der Waals surface area contributed by atoms with Crippen LogP contribution in [0, 0.1) is 0 Å². The Bertz CT molecular complexity index is 129. The predicted molar refractivity (Wildman–Crippen MR) is 36.6 cm³/mol. The summed E-state index contributed by atoms with van der Waals surface area (Å²) < 4.78 is 9.82. The van der Waals surface area contributed by atoms with Crippen molar-refractivity contribution in [1.29, 1.82) is 0 Å². The smallest absolute Gasteiger partial charge is 0.547 e. The molecule has 12 heavy (non-hydrogen) atoms. The maximum absolute atomic E-state index is 10.1. The quantitative estimate of drug-likeness (QED) is 0.342. The molecule has 0 aliphatic carbocycles. The predicted octanol–water partition coefficient (Wildman–Crippen LogP) is -3.47. The molecule has 0 saturated carbocycles. The minimum absolute atomic E-state index is 0. The molecule has 0 rings (SSSR count). The van der Waals surface area contributed by atoms with E-state index in [0.717, 1.165) is 0 Å². The molecule has 66 valence electrons. The van der Waals surface area contributed by atoms with Crippen molar-refractivity contribution in [3.8, 4) is 0 Å². The molecule has 0 aliphatic rings. The molecule has 0 N–H and O–H groups in total. The van der Waals surface area contributed by atoms with Gasteiger partial charge >= 0.3 is 51.4 Å². The van der Waals surface area contributed by atoms with Gasteiger partial charge in [0.1, 0.15) is 0 Å². The number of hydrogen-bond acceptors (Lipinski definition) is 4. The van der Waals surface area contributed by atoms with Crippen LogP contribution in [0.25, 0.3) is 0 Å². The summed E-state index contributed by atoms with van der Waals surface area (Å²) in [5.74, 6) is -1.23. The van der Waals surface area contributed by atoms with Crippen LogP contribution in [0.3, 0.4) is 0 Å². The Labute approximate surface area is 115 Å². The van der Waals surface area contributed by atoms with Crippen LogP contribution in [0.1, 0.15) is 20.8 Å². The molecule has 0 fully saturated rings. The number of carboxylic acids is 1. The van der Waals surface area contributed by atoms with Crippen molar-refractivity contribution >= 4 is 5.97 Å². The zero-order chi connectivity index (χ0) is 8.85. The first-order chi connectivity index (χ1) is 5.07. The summed E-state index contributed by atoms with van der Waals surface area (Å²) >= 11 is 0. The van der Waals surface area contributed by atoms with Crippen molar-refractivity contribution in [1.82, 2.24) is 0 Å². The van der Waals surface area contributed by atoms with Crippen LogP contribution >= 0.6 is 0 Å². The van der Waals surface area contributed by atoms with Crippen LogP contribution in [0.4, 0.5) is 0 Å². The Balaban J connectivity index is 0. The second-order valence-corrected chi connectivity index (χ2v) is 2.12. The fourth-order valence-corrected chi connectivity index (χ4v) is 0.617. The summed E-state index contributed by atoms with van der Waals surface area (Å²) in [6.45, 7) is 5.36. The van der Waals surface area contributed by atoms with Crippen LogP contribution in [0.2, 0.25) is 0 Å². The second kappa shape index (κ2) is 8.62. The number of carbonyl (C=O) groups excluding carboxylic acids is 1. The van der Waals surface area contributed by atoms with Crippen molar-refractivity contribution in [2.45, 2.75) is 33.2 Å². The Morgan fingerprint density at radius 1 is 1.50 bits per heavy atom. The molecule has 5 heteroatoms. The van der Waals surface area contributed by atoms with E-state index in [-0.39, 0.29) is 51.4 Å². The van der Waals surface area contributed by atoms with Gasteiger partial charge in [0, 0.05) is 6.61 Å². The summed E-state index contributed by atoms with van der Waals surface area (Å²) in [7, 11) is 0. The van der Waals surface area contributed by atoms with Crippen molar-refractivity contribution in [2.24, 2.45) is 0 Å². The largest absolute Gasteiger partial charge is 1.00 e. The molecule has 2 unspecified atom stereocenters. The molecule has 0 aromatic carbocycles. The SMILES string of the molecule is CCOC(C)OC(C)C(=O)[O-].[K+]. The molecule has 0 aromatic heterocycles. The molecular formula is C7H13KO4. The number of carboxylic acid groups (broad SMARTS) is 1. The van der Waals surface area contributed by atoms with Crippen molar-refractivity contribution in [2.75, 3.05) is 6.61 Å². The van der Waals surface area contributed by atoms with E-state index in [2.05, 4.69) is 0 Å². The Morgan fingerprint density at radius 3 is 2.33 bits per heavy atom. The summed E-state index contributed by atoms with van der Waals surface area (Å²) in [6.07, 6.45) is -1.41. The topological polar surface area (TPSA) is 58.6 Å². The van der Waals surface area contributed by atoms with E-state index < -0.39 is 18.4 Å². The third-order valence-corrected chi connectivity index (χ3v) is 1.13. The van der Waals surface area contributed by atoms with E-state index in [1.54, 1.807) is 6.92 Å². The number of carbonyl (C=O) groups is 1. The third-order valence-electron chi connectivity index (χ3n) is 1.13. The first-order valence-electron chi connectivity index (χ1n) is 3.55. The van der Waals surface area contributed by atoms with Crippen LogP contribution in [0.5, 0.6) is 0 Å². The molecule has 0 heterocycles. The fourth-order valence-electron chi connectivity index (χ4n) is 0.617. The van der Waals surface area contributed by atoms with Gasteiger partial charge in [0.25, 0.3) is 0 Å². The Kier molecular flexibility index (Phi) is 11.1. The van der Waals surface area contributed by atoms with Crippen molar-refractivity contribution in [3.05, 3.63) is 0 Å². The normalized spacial score (nSPS) is 14.6. The molecule has 0 aromatic rings. The summed E-state index contributed by atoms with van der Waals surface area (Å²) in [5, 5.41) is 10.1. The van der Waals surface area contributed by atoms with Crippen LogP contribution in [0.15, 0.2) is 0 Å². The zero-order valence-electron chi connectivity index (χ0n) is 7.99. The van der Waals surface area contributed by atoms with E-state index in [1.165, 1.54) is 6.92 Å². The van der Waals surface area contributed by atoms with Gasteiger partial charge in [-0.3, -0.25) is 0 Å². The standard InChI is InChI=1S/C7H14O4.K/c1-4-10-6(3)11-5(2)7(8)9;/h5-6H,4H2,1-3H3,(H,8,9);/q;+1/p-1. The van der Waals surface area contributed by atoms with Crippen LogP contribution < -0.4 is 56.5 Å². The van der Waals surface area contributed by atoms with Crippen LogP contribution in [-0.2, 0) is 14.3 Å². The molecule has 0 amide bonds. The number of rotatable bonds is 5. The Hall–Kier alpha value is 1.03. The molecule has 0 aliphatic heterocycles. The van der Waals surface area contributed by atoms with Gasteiger partial charge in [0.05, 0.1) is 12.1 Å². The Morgan fingerprint density at radius 2 is 2.00 bits per heavy atom. The summed E-state index contributed by atoms with van der Waals surface area (Å²) in [6, 6.07) is 0. The van der Waals surface area contributed by atoms with E-state index in [1.807, 2.05) is 6.92 Å². The number of aliphatic carboxylic acids is 1. The van der Waals surface area contributed by atoms with Gasteiger partial charge in [-0.1, -0.05) is 0 Å². The average Bonchev–Trinajstić information content (AvgIpc) is 1.87. The van der Waals surface area contributed by atoms with E-state index in [0.29, 0.717) is 6.61 Å². The maximum atomic E-state index is 10.1. The molecule has 0 radical (unpaired) electrons.